The molecule has 0 bridgehead atoms. The number of carbonyl (C=O) groups is 3. The predicted molar refractivity (Wildman–Crippen MR) is 131 cm³/mol. The second-order valence-corrected chi connectivity index (χ2v) is 9.32. The fourth-order valence-electron chi connectivity index (χ4n) is 3.41. The van der Waals surface area contributed by atoms with E-state index in [0.29, 0.717) is 35.0 Å². The van der Waals surface area contributed by atoms with Gasteiger partial charge in [-0.15, -0.1) is 0 Å². The summed E-state index contributed by atoms with van der Waals surface area (Å²) >= 11 is 0.901. The van der Waals surface area contributed by atoms with Crippen LogP contribution in [0.3, 0.4) is 0 Å². The van der Waals surface area contributed by atoms with E-state index < -0.39 is 12.0 Å². The molecule has 2 aromatic heterocycles. The number of carboxylic acids is 1. The Morgan fingerprint density at radius 2 is 1.97 bits per heavy atom. The van der Waals surface area contributed by atoms with E-state index >= 15 is 0 Å². The topological polar surface area (TPSA) is 151 Å². The van der Waals surface area contributed by atoms with E-state index in [9.17, 15) is 19.5 Å². The average Bonchev–Trinajstić information content (AvgIpc) is 3.38. The summed E-state index contributed by atoms with van der Waals surface area (Å²) in [7, 11) is 3.91. The monoisotopic (exact) mass is 500 g/mol. The molecule has 11 nitrogen and oxygen atoms in total. The molecule has 0 aliphatic heterocycles. The number of benzene rings is 1. The number of anilines is 1. The molecule has 2 heterocycles. The first-order chi connectivity index (χ1) is 16.6. The van der Waals surface area contributed by atoms with Gasteiger partial charge in [0.15, 0.2) is 5.13 Å². The SMILES string of the molecule is Cc1nc(-c2cccc(C(=O)N[C@@H](CCCN(C)C)CC(=O)Nc3nc(C)c(C(=O)O)s3)c2)no1. The maximum Gasteiger partial charge on any atom is 0.347 e. The smallest absolute Gasteiger partial charge is 0.347 e. The molecule has 3 N–H and O–H groups in total. The van der Waals surface area contributed by atoms with Crippen LogP contribution in [0.4, 0.5) is 5.13 Å². The van der Waals surface area contributed by atoms with Gasteiger partial charge in [0.05, 0.1) is 5.69 Å². The molecule has 0 aliphatic rings. The number of carboxylic acid groups (broad SMARTS) is 1. The number of rotatable bonds is 11. The van der Waals surface area contributed by atoms with Gasteiger partial charge in [-0.3, -0.25) is 9.59 Å². The highest BCUT2D eigenvalue weighted by Gasteiger charge is 2.21. The first kappa shape index (κ1) is 26.0. The summed E-state index contributed by atoms with van der Waals surface area (Å²) in [5.41, 5.74) is 1.39. The van der Waals surface area contributed by atoms with Gasteiger partial charge >= 0.3 is 5.97 Å². The number of amides is 2. The summed E-state index contributed by atoms with van der Waals surface area (Å²) in [6.07, 6.45) is 1.37. The van der Waals surface area contributed by atoms with Crippen molar-refractivity contribution in [1.82, 2.24) is 25.3 Å². The number of aromatic carboxylic acids is 1. The molecule has 0 spiro atoms. The van der Waals surface area contributed by atoms with Crippen LogP contribution in [0.2, 0.25) is 0 Å². The Kier molecular flexibility index (Phi) is 8.66. The fourth-order valence-corrected chi connectivity index (χ4v) is 4.23. The standard InChI is InChI=1S/C23H28N6O5S/c1-13-19(22(32)33)35-23(24-13)27-18(30)12-17(9-6-10-29(3)4)26-21(31)16-8-5-7-15(11-16)20-25-14(2)34-28-20/h5,7-8,11,17H,6,9-10,12H2,1-4H3,(H,26,31)(H,32,33)(H,24,27,30)/t17-/m0/s1. The number of hydrogen-bond donors (Lipinski definition) is 3. The molecule has 12 heteroatoms. The number of carbonyl (C=O) groups excluding carboxylic acids is 2. The minimum Gasteiger partial charge on any atom is -0.477 e. The van der Waals surface area contributed by atoms with Crippen molar-refractivity contribution in [2.45, 2.75) is 39.2 Å². The van der Waals surface area contributed by atoms with Gasteiger partial charge < -0.3 is 25.2 Å². The third kappa shape index (κ3) is 7.42. The fraction of sp³-hybridized carbons (Fsp3) is 0.391. The van der Waals surface area contributed by atoms with Gasteiger partial charge in [-0.05, 0) is 52.5 Å². The molecule has 186 valence electrons. The highest BCUT2D eigenvalue weighted by Crippen LogP contribution is 2.23. The Bertz CT molecular complexity index is 1200. The first-order valence-corrected chi connectivity index (χ1v) is 11.8. The molecule has 3 rings (SSSR count). The summed E-state index contributed by atoms with van der Waals surface area (Å²) in [5.74, 6) is -0.964. The zero-order valence-corrected chi connectivity index (χ0v) is 20.8. The van der Waals surface area contributed by atoms with Crippen LogP contribution in [0.15, 0.2) is 28.8 Å². The molecule has 0 fully saturated rings. The third-order valence-corrected chi connectivity index (χ3v) is 6.13. The van der Waals surface area contributed by atoms with Crippen LogP contribution < -0.4 is 10.6 Å². The Labute approximate surface area is 206 Å². The van der Waals surface area contributed by atoms with Crippen LogP contribution in [0, 0.1) is 13.8 Å². The normalized spacial score (nSPS) is 11.9. The van der Waals surface area contributed by atoms with Crippen molar-refractivity contribution in [2.75, 3.05) is 26.0 Å². The van der Waals surface area contributed by atoms with Gasteiger partial charge in [0, 0.05) is 30.5 Å². The minimum atomic E-state index is -1.09. The minimum absolute atomic E-state index is 0.0178. The Balaban J connectivity index is 1.69. The quantitative estimate of drug-likeness (QED) is 0.361. The molecule has 2 amide bonds. The Hall–Kier alpha value is -3.64. The number of nitrogens with zero attached hydrogens (tertiary/aromatic N) is 4. The summed E-state index contributed by atoms with van der Waals surface area (Å²) in [6, 6.07) is 6.43. The summed E-state index contributed by atoms with van der Waals surface area (Å²) in [4.78, 5) is 47.3. The molecular formula is C23H28N6O5S. The van der Waals surface area contributed by atoms with Gasteiger partial charge in [-0.2, -0.15) is 4.98 Å². The number of aryl methyl sites for hydroxylation is 2. The van der Waals surface area contributed by atoms with E-state index in [2.05, 4.69) is 25.8 Å². The van der Waals surface area contributed by atoms with Gasteiger partial charge in [-0.1, -0.05) is 28.6 Å². The van der Waals surface area contributed by atoms with Crippen molar-refractivity contribution in [3.05, 3.63) is 46.3 Å². The summed E-state index contributed by atoms with van der Waals surface area (Å²) in [6.45, 7) is 4.06. The largest absolute Gasteiger partial charge is 0.477 e. The average molecular weight is 501 g/mol. The van der Waals surface area contributed by atoms with Gasteiger partial charge in [0.25, 0.3) is 5.91 Å². The lowest BCUT2D eigenvalue weighted by Gasteiger charge is -2.19. The first-order valence-electron chi connectivity index (χ1n) is 11.0. The van der Waals surface area contributed by atoms with E-state index in [1.54, 1.807) is 38.1 Å². The molecule has 0 saturated heterocycles. The van der Waals surface area contributed by atoms with E-state index in [-0.39, 0.29) is 28.2 Å². The molecular weight excluding hydrogens is 472 g/mol. The number of aromatic nitrogens is 3. The van der Waals surface area contributed by atoms with E-state index in [1.165, 1.54) is 0 Å². The molecule has 1 aromatic carbocycles. The van der Waals surface area contributed by atoms with Crippen LogP contribution in [0.1, 0.15) is 50.9 Å². The number of hydrogen-bond acceptors (Lipinski definition) is 9. The highest BCUT2D eigenvalue weighted by atomic mass is 32.1. The molecule has 3 aromatic rings. The van der Waals surface area contributed by atoms with Gasteiger partial charge in [0.1, 0.15) is 4.88 Å². The van der Waals surface area contributed by atoms with Crippen LogP contribution in [0.25, 0.3) is 11.4 Å². The maximum absolute atomic E-state index is 13.0. The van der Waals surface area contributed by atoms with Crippen LogP contribution in [0.5, 0.6) is 0 Å². The maximum atomic E-state index is 13.0. The number of nitrogens with one attached hydrogen (secondary N) is 2. The lowest BCUT2D eigenvalue weighted by molar-refractivity contribution is -0.116. The van der Waals surface area contributed by atoms with Crippen LogP contribution in [-0.2, 0) is 4.79 Å². The summed E-state index contributed by atoms with van der Waals surface area (Å²) in [5, 5.41) is 18.9. The molecule has 35 heavy (non-hydrogen) atoms. The lowest BCUT2D eigenvalue weighted by atomic mass is 10.1. The number of thiazole rings is 1. The van der Waals surface area contributed by atoms with E-state index in [1.807, 2.05) is 19.0 Å². The molecule has 1 atom stereocenters. The third-order valence-electron chi connectivity index (χ3n) is 5.07. The van der Waals surface area contributed by atoms with Crippen molar-refractivity contribution >= 4 is 34.3 Å². The van der Waals surface area contributed by atoms with Gasteiger partial charge in [-0.25, -0.2) is 9.78 Å². The second kappa shape index (κ2) is 11.7. The van der Waals surface area contributed by atoms with Crippen molar-refractivity contribution in [3.63, 3.8) is 0 Å². The molecule has 0 unspecified atom stereocenters. The van der Waals surface area contributed by atoms with Crippen LogP contribution in [-0.4, -0.2) is 69.6 Å². The molecule has 0 radical (unpaired) electrons. The van der Waals surface area contributed by atoms with Crippen molar-refractivity contribution in [2.24, 2.45) is 0 Å². The van der Waals surface area contributed by atoms with Crippen molar-refractivity contribution in [3.8, 4) is 11.4 Å². The highest BCUT2D eigenvalue weighted by molar-refractivity contribution is 7.17. The van der Waals surface area contributed by atoms with Gasteiger partial charge in [0.2, 0.25) is 17.6 Å². The van der Waals surface area contributed by atoms with E-state index in [4.69, 9.17) is 4.52 Å². The molecule has 0 saturated carbocycles. The van der Waals surface area contributed by atoms with Crippen molar-refractivity contribution in [1.29, 1.82) is 0 Å². The zero-order valence-electron chi connectivity index (χ0n) is 20.0. The van der Waals surface area contributed by atoms with Crippen LogP contribution >= 0.6 is 11.3 Å². The lowest BCUT2D eigenvalue weighted by Crippen LogP contribution is -2.38. The predicted octanol–water partition coefficient (Wildman–Crippen LogP) is 2.98. The molecule has 0 aliphatic carbocycles. The Morgan fingerprint density at radius 3 is 2.60 bits per heavy atom. The van der Waals surface area contributed by atoms with E-state index in [0.717, 1.165) is 24.3 Å². The zero-order chi connectivity index (χ0) is 25.5. The Morgan fingerprint density at radius 1 is 1.20 bits per heavy atom. The van der Waals surface area contributed by atoms with Crippen molar-refractivity contribution < 1.29 is 24.0 Å². The second-order valence-electron chi connectivity index (χ2n) is 8.32. The summed E-state index contributed by atoms with van der Waals surface area (Å²) < 4.78 is 5.01.